The van der Waals surface area contributed by atoms with Crippen LogP contribution in [0.2, 0.25) is 0 Å². The number of nitro groups is 1. The van der Waals surface area contributed by atoms with Crippen molar-refractivity contribution in [1.29, 1.82) is 0 Å². The average Bonchev–Trinajstić information content (AvgIpc) is 2.87. The Morgan fingerprint density at radius 1 is 1.08 bits per heavy atom. The van der Waals surface area contributed by atoms with Crippen molar-refractivity contribution in [3.05, 3.63) is 64.2 Å². The van der Waals surface area contributed by atoms with Crippen molar-refractivity contribution in [2.24, 2.45) is 5.14 Å². The van der Waals surface area contributed by atoms with Crippen LogP contribution in [0.1, 0.15) is 30.7 Å². The Balaban J connectivity index is 1.86. The summed E-state index contributed by atoms with van der Waals surface area (Å²) in [6.07, 6.45) is 2.81. The molecule has 1 heterocycles. The van der Waals surface area contributed by atoms with Crippen molar-refractivity contribution in [2.75, 3.05) is 18.0 Å². The molecule has 0 radical (unpaired) electrons. The number of primary sulfonamides is 1. The molecule has 138 valence electrons. The molecule has 3 rings (SSSR count). The summed E-state index contributed by atoms with van der Waals surface area (Å²) in [5.41, 5.74) is 1.50. The van der Waals surface area contributed by atoms with Gasteiger partial charge in [0.2, 0.25) is 10.0 Å². The molecule has 1 aliphatic heterocycles. The first-order chi connectivity index (χ1) is 12.4. The summed E-state index contributed by atoms with van der Waals surface area (Å²) in [6.45, 7) is 1.37. The van der Waals surface area contributed by atoms with Crippen LogP contribution in [0, 0.1) is 10.1 Å². The molecule has 1 atom stereocenters. The molecule has 26 heavy (non-hydrogen) atoms. The quantitative estimate of drug-likeness (QED) is 0.653. The largest absolute Gasteiger partial charge is 0.366 e. The van der Waals surface area contributed by atoms with Gasteiger partial charge in [-0.05, 0) is 42.9 Å². The van der Waals surface area contributed by atoms with Crippen LogP contribution in [0.25, 0.3) is 0 Å². The van der Waals surface area contributed by atoms with E-state index in [1.54, 1.807) is 0 Å². The molecule has 1 unspecified atom stereocenters. The highest BCUT2D eigenvalue weighted by atomic mass is 32.2. The Morgan fingerprint density at radius 2 is 1.81 bits per heavy atom. The Kier molecular flexibility index (Phi) is 5.24. The van der Waals surface area contributed by atoms with Gasteiger partial charge in [-0.2, -0.15) is 0 Å². The van der Waals surface area contributed by atoms with E-state index < -0.39 is 14.9 Å². The molecule has 0 amide bonds. The number of benzene rings is 2. The molecule has 0 spiro atoms. The van der Waals surface area contributed by atoms with E-state index in [-0.39, 0.29) is 10.6 Å². The van der Waals surface area contributed by atoms with Gasteiger partial charge in [0.05, 0.1) is 9.82 Å². The lowest BCUT2D eigenvalue weighted by Crippen LogP contribution is -2.25. The zero-order chi connectivity index (χ0) is 18.7. The van der Waals surface area contributed by atoms with Crippen molar-refractivity contribution in [1.82, 2.24) is 0 Å². The van der Waals surface area contributed by atoms with Gasteiger partial charge in [-0.25, -0.2) is 13.6 Å². The van der Waals surface area contributed by atoms with Crippen LogP contribution in [0.4, 0.5) is 11.4 Å². The van der Waals surface area contributed by atoms with Crippen molar-refractivity contribution >= 4 is 21.4 Å². The monoisotopic (exact) mass is 375 g/mol. The predicted octanol–water partition coefficient (Wildman–Crippen LogP) is 3.02. The molecule has 1 aliphatic rings. The van der Waals surface area contributed by atoms with Gasteiger partial charge in [-0.15, -0.1) is 0 Å². The first-order valence-corrected chi connectivity index (χ1v) is 10.0. The van der Waals surface area contributed by atoms with Crippen LogP contribution in [0.5, 0.6) is 0 Å². The van der Waals surface area contributed by atoms with E-state index in [0.717, 1.165) is 25.3 Å². The molecule has 0 aromatic heterocycles. The fraction of sp³-hybridized carbons (Fsp3) is 0.333. The number of rotatable bonds is 4. The third-order valence-electron chi connectivity index (χ3n) is 4.81. The number of nitro benzene ring substituents is 1. The van der Waals surface area contributed by atoms with Crippen molar-refractivity contribution < 1.29 is 13.3 Å². The molecule has 7 nitrogen and oxygen atoms in total. The summed E-state index contributed by atoms with van der Waals surface area (Å²) in [7, 11) is -3.98. The van der Waals surface area contributed by atoms with E-state index in [4.69, 9.17) is 5.14 Å². The minimum atomic E-state index is -3.98. The van der Waals surface area contributed by atoms with Gasteiger partial charge in [-0.1, -0.05) is 30.3 Å². The Hall–Kier alpha value is -2.45. The van der Waals surface area contributed by atoms with Crippen LogP contribution in [-0.4, -0.2) is 26.4 Å². The summed E-state index contributed by atoms with van der Waals surface area (Å²) in [4.78, 5) is 12.6. The fourth-order valence-corrected chi connectivity index (χ4v) is 4.02. The van der Waals surface area contributed by atoms with Crippen molar-refractivity contribution in [2.45, 2.75) is 30.1 Å². The van der Waals surface area contributed by atoms with Gasteiger partial charge >= 0.3 is 0 Å². The summed E-state index contributed by atoms with van der Waals surface area (Å²) in [6, 6.07) is 14.1. The van der Waals surface area contributed by atoms with E-state index in [1.165, 1.54) is 17.7 Å². The molecule has 2 aromatic rings. The van der Waals surface area contributed by atoms with Gasteiger partial charge in [0.1, 0.15) is 5.69 Å². The van der Waals surface area contributed by atoms with Gasteiger partial charge in [0.15, 0.2) is 0 Å². The standard InChI is InChI=1S/C18H21N3O4S/c19-26(24,25)16-8-9-17(18(13-16)21(22)23)20-11-4-7-15(10-12-20)14-5-2-1-3-6-14/h1-3,5-6,8-9,13,15H,4,7,10-12H2,(H2,19,24,25). The SMILES string of the molecule is NS(=O)(=O)c1ccc(N2CCCC(c3ccccc3)CC2)c([N+](=O)[O-])c1. The number of sulfonamides is 1. The smallest absolute Gasteiger partial charge is 0.293 e. The lowest BCUT2D eigenvalue weighted by molar-refractivity contribution is -0.384. The zero-order valence-corrected chi connectivity index (χ0v) is 15.1. The van der Waals surface area contributed by atoms with Gasteiger partial charge in [0.25, 0.3) is 5.69 Å². The molecule has 8 heteroatoms. The van der Waals surface area contributed by atoms with Gasteiger partial charge in [-0.3, -0.25) is 10.1 Å². The normalized spacial score (nSPS) is 18.3. The molecular formula is C18H21N3O4S. The van der Waals surface area contributed by atoms with Crippen LogP contribution >= 0.6 is 0 Å². The van der Waals surface area contributed by atoms with E-state index >= 15 is 0 Å². The zero-order valence-electron chi connectivity index (χ0n) is 14.2. The van der Waals surface area contributed by atoms with Crippen LogP contribution in [-0.2, 0) is 10.0 Å². The number of nitrogens with two attached hydrogens (primary N) is 1. The minimum absolute atomic E-state index is 0.227. The van der Waals surface area contributed by atoms with Gasteiger partial charge < -0.3 is 4.90 Å². The average molecular weight is 375 g/mol. The van der Waals surface area contributed by atoms with E-state index in [9.17, 15) is 18.5 Å². The molecule has 2 aromatic carbocycles. The molecular weight excluding hydrogens is 354 g/mol. The molecule has 0 saturated carbocycles. The van der Waals surface area contributed by atoms with Crippen molar-refractivity contribution in [3.63, 3.8) is 0 Å². The first kappa shape index (κ1) is 18.3. The maximum absolute atomic E-state index is 11.5. The minimum Gasteiger partial charge on any atom is -0.366 e. The van der Waals surface area contributed by atoms with E-state index in [2.05, 4.69) is 12.1 Å². The third-order valence-corrected chi connectivity index (χ3v) is 5.72. The summed E-state index contributed by atoms with van der Waals surface area (Å²) >= 11 is 0. The number of anilines is 1. The molecule has 1 fully saturated rings. The second kappa shape index (κ2) is 7.43. The van der Waals surface area contributed by atoms with Crippen molar-refractivity contribution in [3.8, 4) is 0 Å². The first-order valence-electron chi connectivity index (χ1n) is 8.47. The lowest BCUT2D eigenvalue weighted by atomic mass is 9.92. The third kappa shape index (κ3) is 4.03. The highest BCUT2D eigenvalue weighted by Crippen LogP contribution is 2.35. The number of nitrogens with zero attached hydrogens (tertiary/aromatic N) is 2. The second-order valence-corrected chi connectivity index (χ2v) is 8.04. The highest BCUT2D eigenvalue weighted by Gasteiger charge is 2.25. The summed E-state index contributed by atoms with van der Waals surface area (Å²) in [5.74, 6) is 0.420. The number of hydrogen-bond donors (Lipinski definition) is 1. The molecule has 0 aliphatic carbocycles. The molecule has 2 N–H and O–H groups in total. The summed E-state index contributed by atoms with van der Waals surface area (Å²) < 4.78 is 23.0. The topological polar surface area (TPSA) is 107 Å². The Bertz CT molecular complexity index is 900. The number of hydrogen-bond acceptors (Lipinski definition) is 5. The van der Waals surface area contributed by atoms with E-state index in [1.807, 2.05) is 23.1 Å². The maximum atomic E-state index is 11.5. The molecule has 1 saturated heterocycles. The van der Waals surface area contributed by atoms with Crippen LogP contribution in [0.15, 0.2) is 53.4 Å². The maximum Gasteiger partial charge on any atom is 0.293 e. The predicted molar refractivity (Wildman–Crippen MR) is 99.7 cm³/mol. The Labute approximate surface area is 152 Å². The molecule has 0 bridgehead atoms. The van der Waals surface area contributed by atoms with Crippen LogP contribution < -0.4 is 10.0 Å². The fourth-order valence-electron chi connectivity index (χ4n) is 3.49. The van der Waals surface area contributed by atoms with E-state index in [0.29, 0.717) is 24.7 Å². The lowest BCUT2D eigenvalue weighted by Gasteiger charge is -2.23. The summed E-state index contributed by atoms with van der Waals surface area (Å²) in [5, 5.41) is 16.6. The Morgan fingerprint density at radius 3 is 2.46 bits per heavy atom. The van der Waals surface area contributed by atoms with Crippen LogP contribution in [0.3, 0.4) is 0 Å². The van der Waals surface area contributed by atoms with Gasteiger partial charge in [0, 0.05) is 19.2 Å². The highest BCUT2D eigenvalue weighted by molar-refractivity contribution is 7.89. The second-order valence-electron chi connectivity index (χ2n) is 6.48.